The highest BCUT2D eigenvalue weighted by molar-refractivity contribution is 5.79. The highest BCUT2D eigenvalue weighted by atomic mass is 16.1. The Balaban J connectivity index is 2.59. The number of aromatic amines is 2. The highest BCUT2D eigenvalue weighted by Crippen LogP contribution is 1.91. The predicted octanol–water partition coefficient (Wildman–Crippen LogP) is -0.0298. The van der Waals surface area contributed by atoms with Crippen LogP contribution in [0.4, 0.5) is 0 Å². The van der Waals surface area contributed by atoms with Gasteiger partial charge in [-0.2, -0.15) is 0 Å². The summed E-state index contributed by atoms with van der Waals surface area (Å²) >= 11 is 0. The second kappa shape index (κ2) is 3.75. The third-order valence-electron chi connectivity index (χ3n) is 1.47. The van der Waals surface area contributed by atoms with E-state index in [1.165, 1.54) is 0 Å². The van der Waals surface area contributed by atoms with Crippen LogP contribution in [0.5, 0.6) is 0 Å². The minimum absolute atomic E-state index is 0.213. The molecule has 0 amide bonds. The van der Waals surface area contributed by atoms with Gasteiger partial charge < -0.3 is 15.7 Å². The first-order valence-electron chi connectivity index (χ1n) is 3.77. The number of nitrogens with one attached hydrogen (secondary N) is 2. The van der Waals surface area contributed by atoms with Crippen molar-refractivity contribution in [2.24, 2.45) is 10.7 Å². The van der Waals surface area contributed by atoms with Crippen LogP contribution in [-0.4, -0.2) is 15.8 Å². The van der Waals surface area contributed by atoms with Crippen LogP contribution in [0.1, 0.15) is 19.0 Å². The fourth-order valence-electron chi connectivity index (χ4n) is 0.754. The number of hydrogen-bond donors (Lipinski definition) is 3. The molecule has 1 aromatic rings. The summed E-state index contributed by atoms with van der Waals surface area (Å²) in [5, 5.41) is 0. The molecule has 1 rings (SSSR count). The first kappa shape index (κ1) is 8.58. The monoisotopic (exact) mass is 168 g/mol. The minimum Gasteiger partial charge on any atom is -0.387 e. The van der Waals surface area contributed by atoms with Crippen LogP contribution in [0.25, 0.3) is 0 Å². The van der Waals surface area contributed by atoms with Gasteiger partial charge >= 0.3 is 5.69 Å². The molecule has 0 aromatic carbocycles. The number of amidine groups is 1. The maximum atomic E-state index is 10.6. The van der Waals surface area contributed by atoms with Crippen molar-refractivity contribution in [2.75, 3.05) is 0 Å². The zero-order valence-electron chi connectivity index (χ0n) is 6.92. The number of nitrogens with zero attached hydrogens (tertiary/aromatic N) is 1. The second-order valence-electron chi connectivity index (χ2n) is 2.43. The van der Waals surface area contributed by atoms with E-state index >= 15 is 0 Å². The molecule has 4 N–H and O–H groups in total. The van der Waals surface area contributed by atoms with E-state index < -0.39 is 0 Å². The van der Waals surface area contributed by atoms with E-state index in [0.29, 0.717) is 12.4 Å². The topological polar surface area (TPSA) is 87.0 Å². The summed E-state index contributed by atoms with van der Waals surface area (Å²) in [6.45, 7) is 2.36. The number of hydrogen-bond acceptors (Lipinski definition) is 2. The van der Waals surface area contributed by atoms with Gasteiger partial charge in [0.2, 0.25) is 0 Å². The Hall–Kier alpha value is -1.52. The number of rotatable bonds is 3. The van der Waals surface area contributed by atoms with Crippen molar-refractivity contribution in [1.82, 2.24) is 9.97 Å². The molecule has 0 aliphatic heterocycles. The molecule has 66 valence electrons. The Kier molecular flexibility index (Phi) is 2.68. The van der Waals surface area contributed by atoms with Crippen molar-refractivity contribution in [3.63, 3.8) is 0 Å². The molecule has 0 bridgehead atoms. The first-order valence-corrected chi connectivity index (χ1v) is 3.77. The smallest absolute Gasteiger partial charge is 0.323 e. The van der Waals surface area contributed by atoms with E-state index in [-0.39, 0.29) is 5.69 Å². The van der Waals surface area contributed by atoms with Crippen LogP contribution in [0, 0.1) is 0 Å². The summed E-state index contributed by atoms with van der Waals surface area (Å²) in [5.41, 5.74) is 6.01. The van der Waals surface area contributed by atoms with E-state index in [2.05, 4.69) is 15.0 Å². The van der Waals surface area contributed by atoms with Gasteiger partial charge in [0.15, 0.2) is 0 Å². The molecule has 5 nitrogen and oxygen atoms in total. The number of nitrogens with two attached hydrogens (primary N) is 1. The zero-order valence-corrected chi connectivity index (χ0v) is 6.92. The van der Waals surface area contributed by atoms with Gasteiger partial charge in [-0.1, -0.05) is 6.92 Å². The van der Waals surface area contributed by atoms with Gasteiger partial charge in [0.25, 0.3) is 0 Å². The normalized spacial score (nSPS) is 11.9. The Morgan fingerprint density at radius 3 is 3.00 bits per heavy atom. The number of aromatic nitrogens is 2. The van der Waals surface area contributed by atoms with Crippen molar-refractivity contribution < 1.29 is 0 Å². The largest absolute Gasteiger partial charge is 0.387 e. The Bertz CT molecular complexity index is 322. The van der Waals surface area contributed by atoms with Crippen LogP contribution in [0.3, 0.4) is 0 Å². The van der Waals surface area contributed by atoms with E-state index in [4.69, 9.17) is 5.73 Å². The summed E-state index contributed by atoms with van der Waals surface area (Å²) < 4.78 is 0. The average molecular weight is 168 g/mol. The number of H-pyrrole nitrogens is 2. The molecule has 5 heteroatoms. The Morgan fingerprint density at radius 2 is 2.50 bits per heavy atom. The lowest BCUT2D eigenvalue weighted by atomic mass is 10.4. The van der Waals surface area contributed by atoms with Crippen LogP contribution in [0.2, 0.25) is 0 Å². The lowest BCUT2D eigenvalue weighted by molar-refractivity contribution is 0.983. The molecule has 0 aliphatic rings. The quantitative estimate of drug-likeness (QED) is 0.437. The third-order valence-corrected chi connectivity index (χ3v) is 1.47. The zero-order chi connectivity index (χ0) is 8.97. The van der Waals surface area contributed by atoms with E-state index in [0.717, 1.165) is 12.1 Å². The van der Waals surface area contributed by atoms with Crippen molar-refractivity contribution in [2.45, 2.75) is 19.9 Å². The van der Waals surface area contributed by atoms with Crippen LogP contribution < -0.4 is 11.4 Å². The lowest BCUT2D eigenvalue weighted by Crippen LogP contribution is -2.10. The maximum absolute atomic E-state index is 10.6. The van der Waals surface area contributed by atoms with Crippen molar-refractivity contribution >= 4 is 5.84 Å². The average Bonchev–Trinajstić information content (AvgIpc) is 2.47. The van der Waals surface area contributed by atoms with Crippen molar-refractivity contribution in [1.29, 1.82) is 0 Å². The molecule has 12 heavy (non-hydrogen) atoms. The summed E-state index contributed by atoms with van der Waals surface area (Å²) in [6, 6.07) is 0. The fraction of sp³-hybridized carbons (Fsp3) is 0.429. The molecule has 0 spiro atoms. The summed E-state index contributed by atoms with van der Waals surface area (Å²) in [6.07, 6.45) is 2.32. The second-order valence-corrected chi connectivity index (χ2v) is 2.43. The molecule has 1 aromatic heterocycles. The fourth-order valence-corrected chi connectivity index (χ4v) is 0.754. The van der Waals surface area contributed by atoms with Gasteiger partial charge in [-0.3, -0.25) is 4.99 Å². The van der Waals surface area contributed by atoms with Crippen molar-refractivity contribution in [3.05, 3.63) is 22.4 Å². The molecule has 0 unspecified atom stereocenters. The van der Waals surface area contributed by atoms with Crippen LogP contribution in [-0.2, 0) is 6.54 Å². The van der Waals surface area contributed by atoms with Gasteiger partial charge in [-0.05, 0) is 0 Å². The molecule has 0 fully saturated rings. The van der Waals surface area contributed by atoms with Gasteiger partial charge in [0, 0.05) is 12.6 Å². The number of imidazole rings is 1. The molecule has 1 heterocycles. The third kappa shape index (κ3) is 2.26. The molecule has 0 saturated carbocycles. The van der Waals surface area contributed by atoms with Gasteiger partial charge in [0.1, 0.15) is 0 Å². The lowest BCUT2D eigenvalue weighted by Gasteiger charge is -1.93. The summed E-state index contributed by atoms with van der Waals surface area (Å²) in [7, 11) is 0. The first-order chi connectivity index (χ1) is 5.72. The molecular weight excluding hydrogens is 156 g/mol. The maximum Gasteiger partial charge on any atom is 0.323 e. The predicted molar refractivity (Wildman–Crippen MR) is 47.0 cm³/mol. The van der Waals surface area contributed by atoms with E-state index in [1.807, 2.05) is 6.92 Å². The molecular formula is C7H12N4O. The molecule has 0 atom stereocenters. The van der Waals surface area contributed by atoms with E-state index in [1.54, 1.807) is 6.20 Å². The Labute approximate surface area is 69.7 Å². The molecule has 0 saturated heterocycles. The number of aliphatic imine (C=N–C) groups is 1. The van der Waals surface area contributed by atoms with Gasteiger partial charge in [0.05, 0.1) is 18.1 Å². The van der Waals surface area contributed by atoms with Crippen LogP contribution >= 0.6 is 0 Å². The van der Waals surface area contributed by atoms with E-state index in [9.17, 15) is 4.79 Å². The molecule has 0 radical (unpaired) electrons. The van der Waals surface area contributed by atoms with Crippen LogP contribution in [0.15, 0.2) is 16.0 Å². The van der Waals surface area contributed by atoms with Gasteiger partial charge in [-0.15, -0.1) is 0 Å². The summed E-state index contributed by atoms with van der Waals surface area (Å²) in [4.78, 5) is 19.7. The standard InChI is InChI=1S/C7H12N4O/c1-2-6(8)9-3-5-4-10-7(12)11-5/h4H,2-3H2,1H3,(H2,8,9)(H2,10,11,12). The molecule has 0 aliphatic carbocycles. The summed E-state index contributed by atoms with van der Waals surface area (Å²) in [5.74, 6) is 0.594. The Morgan fingerprint density at radius 1 is 1.75 bits per heavy atom. The van der Waals surface area contributed by atoms with Gasteiger partial charge in [-0.25, -0.2) is 4.79 Å². The highest BCUT2D eigenvalue weighted by Gasteiger charge is 1.93. The van der Waals surface area contributed by atoms with Crippen molar-refractivity contribution in [3.8, 4) is 0 Å². The SMILES string of the molecule is CCC(N)=NCc1c[nH]c(=O)[nH]1. The minimum atomic E-state index is -0.213.